The highest BCUT2D eigenvalue weighted by Gasteiger charge is 2.20. The summed E-state index contributed by atoms with van der Waals surface area (Å²) in [7, 11) is 0. The normalized spacial score (nSPS) is 11.3. The van der Waals surface area contributed by atoms with Crippen molar-refractivity contribution in [2.75, 3.05) is 5.32 Å². The first kappa shape index (κ1) is 23.4. The van der Waals surface area contributed by atoms with Crippen LogP contribution < -0.4 is 10.6 Å². The second kappa shape index (κ2) is 9.09. The van der Waals surface area contributed by atoms with Crippen molar-refractivity contribution in [3.8, 4) is 17.1 Å². The molecule has 0 aliphatic heterocycles. The molecule has 0 radical (unpaired) electrons. The Morgan fingerprint density at radius 2 is 1.77 bits per heavy atom. The highest BCUT2D eigenvalue weighted by molar-refractivity contribution is 7.80. The van der Waals surface area contributed by atoms with Crippen LogP contribution in [-0.2, 0) is 5.41 Å². The maximum atomic E-state index is 12.5. The number of anilines is 1. The van der Waals surface area contributed by atoms with Crippen molar-refractivity contribution < 1.29 is 14.3 Å². The van der Waals surface area contributed by atoms with E-state index in [1.807, 2.05) is 20.8 Å². The number of furan rings is 1. The maximum absolute atomic E-state index is 12.5. The van der Waals surface area contributed by atoms with Crippen LogP contribution in [0.15, 0.2) is 46.9 Å². The highest BCUT2D eigenvalue weighted by atomic mass is 35.5. The van der Waals surface area contributed by atoms with Crippen LogP contribution in [0.3, 0.4) is 0 Å². The predicted octanol–water partition coefficient (Wildman–Crippen LogP) is 7.04. The summed E-state index contributed by atoms with van der Waals surface area (Å²) in [6.07, 6.45) is 0. The Bertz CT molecular complexity index is 1170. The minimum absolute atomic E-state index is 0.0267. The first-order valence-electron chi connectivity index (χ1n) is 9.17. The number of phenolic OH excluding ortho intramolecular Hbond substituents is 1. The van der Waals surface area contributed by atoms with Crippen LogP contribution in [0.25, 0.3) is 11.3 Å². The number of hydrogen-bond acceptors (Lipinski definition) is 4. The van der Waals surface area contributed by atoms with Gasteiger partial charge in [0.2, 0.25) is 0 Å². The average Bonchev–Trinajstić information content (AvgIpc) is 3.16. The zero-order valence-electron chi connectivity index (χ0n) is 16.8. The molecule has 1 amide bonds. The third-order valence-corrected chi connectivity index (χ3v) is 5.76. The van der Waals surface area contributed by atoms with E-state index in [0.29, 0.717) is 21.4 Å². The summed E-state index contributed by atoms with van der Waals surface area (Å²) >= 11 is 23.6. The van der Waals surface area contributed by atoms with Crippen molar-refractivity contribution >= 4 is 63.7 Å². The molecule has 0 aliphatic carbocycles. The number of halogens is 3. The number of phenols is 1. The average molecular weight is 498 g/mol. The molecule has 1 heterocycles. The first-order chi connectivity index (χ1) is 14.5. The Balaban J connectivity index is 1.75. The van der Waals surface area contributed by atoms with Gasteiger partial charge in [0.1, 0.15) is 5.76 Å². The van der Waals surface area contributed by atoms with Crippen LogP contribution in [0.1, 0.15) is 36.9 Å². The van der Waals surface area contributed by atoms with E-state index in [2.05, 4.69) is 10.6 Å². The van der Waals surface area contributed by atoms with Crippen LogP contribution in [0.5, 0.6) is 5.75 Å². The fraction of sp³-hybridized carbons (Fsp3) is 0.182. The number of hydrogen-bond donors (Lipinski definition) is 3. The van der Waals surface area contributed by atoms with E-state index in [0.717, 1.165) is 5.56 Å². The smallest absolute Gasteiger partial charge is 0.293 e. The summed E-state index contributed by atoms with van der Waals surface area (Å²) in [5.74, 6) is -0.318. The van der Waals surface area contributed by atoms with Crippen LogP contribution in [-0.4, -0.2) is 16.1 Å². The molecule has 0 unspecified atom stereocenters. The standard InChI is InChI=1S/C22H19Cl3N2O3S/c1-22(2,3)11-9-14(24)19(28)15(10-11)26-21(31)27-20(29)17-8-7-16(30-17)12-5-4-6-13(23)18(12)25/h4-10,28H,1-3H3,(H2,26,27,29,31). The molecule has 0 saturated carbocycles. The SMILES string of the molecule is CC(C)(C)c1cc(Cl)c(O)c(NC(=S)NC(=O)c2ccc(-c3cccc(Cl)c3Cl)o2)c1. The lowest BCUT2D eigenvalue weighted by molar-refractivity contribution is 0.0951. The Morgan fingerprint density at radius 3 is 2.45 bits per heavy atom. The Morgan fingerprint density at radius 1 is 1.06 bits per heavy atom. The molecule has 3 rings (SSSR count). The van der Waals surface area contributed by atoms with Crippen LogP contribution in [0, 0.1) is 0 Å². The minimum Gasteiger partial charge on any atom is -0.504 e. The molecule has 0 atom stereocenters. The molecule has 2 aromatic carbocycles. The van der Waals surface area contributed by atoms with E-state index in [9.17, 15) is 9.90 Å². The largest absolute Gasteiger partial charge is 0.504 e. The van der Waals surface area contributed by atoms with Gasteiger partial charge >= 0.3 is 0 Å². The number of amides is 1. The van der Waals surface area contributed by atoms with Crippen LogP contribution in [0.4, 0.5) is 5.69 Å². The lowest BCUT2D eigenvalue weighted by Gasteiger charge is -2.21. The quantitative estimate of drug-likeness (QED) is 0.267. The second-order valence-electron chi connectivity index (χ2n) is 7.78. The topological polar surface area (TPSA) is 74.5 Å². The first-order valence-corrected chi connectivity index (χ1v) is 10.7. The van der Waals surface area contributed by atoms with Crippen LogP contribution >= 0.6 is 47.0 Å². The molecule has 9 heteroatoms. The molecule has 5 nitrogen and oxygen atoms in total. The van der Waals surface area contributed by atoms with Gasteiger partial charge in [0.25, 0.3) is 5.91 Å². The molecule has 1 aromatic heterocycles. The van der Waals surface area contributed by atoms with Gasteiger partial charge in [0, 0.05) is 5.56 Å². The molecule has 0 saturated heterocycles. The van der Waals surface area contributed by atoms with Crippen molar-refractivity contribution in [1.29, 1.82) is 0 Å². The van der Waals surface area contributed by atoms with Crippen molar-refractivity contribution in [3.63, 3.8) is 0 Å². The molecule has 0 fully saturated rings. The summed E-state index contributed by atoms with van der Waals surface area (Å²) in [5, 5.41) is 16.4. The lowest BCUT2D eigenvalue weighted by Crippen LogP contribution is -2.34. The van der Waals surface area contributed by atoms with Gasteiger partial charge in [-0.25, -0.2) is 0 Å². The molecule has 0 bridgehead atoms. The number of rotatable bonds is 3. The molecule has 31 heavy (non-hydrogen) atoms. The van der Waals surface area contributed by atoms with E-state index < -0.39 is 5.91 Å². The van der Waals surface area contributed by atoms with Gasteiger partial charge in [-0.3, -0.25) is 10.1 Å². The molecule has 0 aliphatic rings. The van der Waals surface area contributed by atoms with Gasteiger partial charge in [-0.05, 0) is 59.6 Å². The number of nitrogens with one attached hydrogen (secondary N) is 2. The van der Waals surface area contributed by atoms with E-state index >= 15 is 0 Å². The predicted molar refractivity (Wildman–Crippen MR) is 130 cm³/mol. The number of carbonyl (C=O) groups is 1. The van der Waals surface area contributed by atoms with Crippen LogP contribution in [0.2, 0.25) is 15.1 Å². The van der Waals surface area contributed by atoms with E-state index in [1.54, 1.807) is 36.4 Å². The molecule has 3 N–H and O–H groups in total. The van der Waals surface area contributed by atoms with Crippen molar-refractivity contribution in [2.45, 2.75) is 26.2 Å². The van der Waals surface area contributed by atoms with Gasteiger partial charge < -0.3 is 14.8 Å². The van der Waals surface area contributed by atoms with Gasteiger partial charge in [0.05, 0.1) is 20.8 Å². The van der Waals surface area contributed by atoms with Crippen molar-refractivity contribution in [2.24, 2.45) is 0 Å². The van der Waals surface area contributed by atoms with E-state index in [1.165, 1.54) is 6.07 Å². The monoisotopic (exact) mass is 496 g/mol. The maximum Gasteiger partial charge on any atom is 0.293 e. The summed E-state index contributed by atoms with van der Waals surface area (Å²) in [6.45, 7) is 6.04. The third-order valence-electron chi connectivity index (χ3n) is 4.45. The summed E-state index contributed by atoms with van der Waals surface area (Å²) in [5.41, 5.74) is 1.53. The summed E-state index contributed by atoms with van der Waals surface area (Å²) < 4.78 is 5.61. The Labute approximate surface area is 200 Å². The van der Waals surface area contributed by atoms with Gasteiger partial charge in [0.15, 0.2) is 16.6 Å². The molecular formula is C22H19Cl3N2O3S. The molecular weight excluding hydrogens is 479 g/mol. The third kappa shape index (κ3) is 5.33. The Kier molecular flexibility index (Phi) is 6.86. The number of aromatic hydroxyl groups is 1. The lowest BCUT2D eigenvalue weighted by atomic mass is 9.87. The zero-order valence-corrected chi connectivity index (χ0v) is 19.9. The number of thiocarbonyl (C=S) groups is 1. The van der Waals surface area contributed by atoms with E-state index in [-0.39, 0.29) is 32.7 Å². The summed E-state index contributed by atoms with van der Waals surface area (Å²) in [4.78, 5) is 12.5. The van der Waals surface area contributed by atoms with E-state index in [4.69, 9.17) is 51.4 Å². The minimum atomic E-state index is -0.570. The fourth-order valence-electron chi connectivity index (χ4n) is 2.74. The van der Waals surface area contributed by atoms with Gasteiger partial charge in [-0.2, -0.15) is 0 Å². The second-order valence-corrected chi connectivity index (χ2v) is 9.38. The van der Waals surface area contributed by atoms with Crippen molar-refractivity contribution in [1.82, 2.24) is 5.32 Å². The van der Waals surface area contributed by atoms with Gasteiger partial charge in [-0.15, -0.1) is 0 Å². The number of carbonyl (C=O) groups excluding carboxylic acids is 1. The highest BCUT2D eigenvalue weighted by Crippen LogP contribution is 2.37. The summed E-state index contributed by atoms with van der Waals surface area (Å²) in [6, 6.07) is 11.6. The molecule has 3 aromatic rings. The fourth-order valence-corrected chi connectivity index (χ4v) is 3.56. The zero-order chi connectivity index (χ0) is 22.9. The Hall–Kier alpha value is -2.25. The number of benzene rings is 2. The van der Waals surface area contributed by atoms with Gasteiger partial charge in [-0.1, -0.05) is 61.6 Å². The molecule has 0 spiro atoms. The van der Waals surface area contributed by atoms with Crippen molar-refractivity contribution in [3.05, 3.63) is 68.9 Å². The molecule has 162 valence electrons.